The van der Waals surface area contributed by atoms with E-state index in [1.165, 1.54) is 4.57 Å². The number of nitrogens with zero attached hydrogens (tertiary/aromatic N) is 4. The van der Waals surface area contributed by atoms with E-state index in [1.807, 2.05) is 20.8 Å². The van der Waals surface area contributed by atoms with Crippen molar-refractivity contribution in [2.75, 3.05) is 6.61 Å². The molecule has 1 atom stereocenters. The van der Waals surface area contributed by atoms with Crippen LogP contribution in [0.3, 0.4) is 0 Å². The topological polar surface area (TPSA) is 87.7 Å². The lowest BCUT2D eigenvalue weighted by Gasteiger charge is -2.13. The maximum Gasteiger partial charge on any atom is 0.309 e. The molecule has 0 aliphatic carbocycles. The molecule has 0 aliphatic rings. The third kappa shape index (κ3) is 3.93. The molecule has 2 aromatic carbocycles. The zero-order valence-electron chi connectivity index (χ0n) is 18.0. The second-order valence-corrected chi connectivity index (χ2v) is 7.83. The number of benzene rings is 2. The summed E-state index contributed by atoms with van der Waals surface area (Å²) in [4.78, 5) is 25.6. The van der Waals surface area contributed by atoms with Gasteiger partial charge in [-0.25, -0.2) is 4.57 Å². The van der Waals surface area contributed by atoms with Crippen molar-refractivity contribution in [3.05, 3.63) is 63.7 Å². The van der Waals surface area contributed by atoms with E-state index in [0.717, 1.165) is 0 Å². The predicted octanol–water partition coefficient (Wildman–Crippen LogP) is 4.17. The molecule has 32 heavy (non-hydrogen) atoms. The lowest BCUT2D eigenvalue weighted by Crippen LogP contribution is -2.22. The van der Waals surface area contributed by atoms with E-state index < -0.39 is 0 Å². The van der Waals surface area contributed by atoms with E-state index >= 15 is 0 Å². The first-order chi connectivity index (χ1) is 15.4. The highest BCUT2D eigenvalue weighted by atomic mass is 35.5. The van der Waals surface area contributed by atoms with Crippen molar-refractivity contribution < 1.29 is 14.3 Å². The van der Waals surface area contributed by atoms with Crippen molar-refractivity contribution in [1.82, 2.24) is 19.2 Å². The molecule has 0 saturated carbocycles. The van der Waals surface area contributed by atoms with E-state index in [4.69, 9.17) is 21.1 Å². The van der Waals surface area contributed by atoms with Crippen LogP contribution < -0.4 is 10.3 Å². The van der Waals surface area contributed by atoms with E-state index in [9.17, 15) is 9.59 Å². The summed E-state index contributed by atoms with van der Waals surface area (Å²) >= 11 is 6.22. The number of halogens is 1. The molecule has 0 N–H and O–H groups in total. The fraction of sp³-hybridized carbons (Fsp3) is 0.304. The normalized spacial score (nSPS) is 12.2. The van der Waals surface area contributed by atoms with Crippen LogP contribution >= 0.6 is 11.6 Å². The molecule has 4 aromatic rings. The number of esters is 1. The minimum Gasteiger partial charge on any atom is -0.494 e. The van der Waals surface area contributed by atoms with Crippen molar-refractivity contribution in [3.8, 4) is 11.4 Å². The lowest BCUT2D eigenvalue weighted by molar-refractivity contribution is -0.149. The summed E-state index contributed by atoms with van der Waals surface area (Å²) in [5, 5.41) is 9.36. The van der Waals surface area contributed by atoms with Gasteiger partial charge >= 0.3 is 5.97 Å². The molecule has 0 saturated heterocycles. The number of hydrogen-bond acceptors (Lipinski definition) is 6. The zero-order chi connectivity index (χ0) is 22.8. The summed E-state index contributed by atoms with van der Waals surface area (Å²) in [6.07, 6.45) is 0.676. The standard InChI is InChI=1S/C23H23ClN4O4/c1-4-14(3)22(30)32-13-20-25-26-23-27(16-7-9-17(10-8-16)31-5-2)21(29)18-11-6-15(24)12-19(18)28(20)23/h6-12,14H,4-5,13H2,1-3H3. The molecule has 0 spiro atoms. The van der Waals surface area contributed by atoms with Crippen molar-refractivity contribution in [2.45, 2.75) is 33.8 Å². The van der Waals surface area contributed by atoms with Gasteiger partial charge in [0.2, 0.25) is 5.78 Å². The minimum atomic E-state index is -0.313. The highest BCUT2D eigenvalue weighted by Gasteiger charge is 2.20. The summed E-state index contributed by atoms with van der Waals surface area (Å²) in [7, 11) is 0. The molecule has 0 amide bonds. The Kier molecular flexibility index (Phi) is 6.14. The number of ether oxygens (including phenoxy) is 2. The molecule has 166 valence electrons. The Morgan fingerprint density at radius 2 is 1.88 bits per heavy atom. The smallest absolute Gasteiger partial charge is 0.309 e. The minimum absolute atomic E-state index is 0.0760. The monoisotopic (exact) mass is 454 g/mol. The Bertz CT molecular complexity index is 1340. The van der Waals surface area contributed by atoms with Crippen LogP contribution in [0.25, 0.3) is 22.4 Å². The van der Waals surface area contributed by atoms with E-state index in [-0.39, 0.29) is 24.1 Å². The average Bonchev–Trinajstić information content (AvgIpc) is 3.22. The molecular formula is C23H23ClN4O4. The first kappa shape index (κ1) is 21.8. The number of hydrogen-bond donors (Lipinski definition) is 0. The van der Waals surface area contributed by atoms with Crippen LogP contribution in [0.2, 0.25) is 5.02 Å². The SMILES string of the molecule is CCOc1ccc(-n2c(=O)c3ccc(Cl)cc3n3c(COC(=O)C(C)CC)nnc23)cc1. The first-order valence-electron chi connectivity index (χ1n) is 10.4. The summed E-state index contributed by atoms with van der Waals surface area (Å²) in [6, 6.07) is 12.2. The Labute approximate surface area is 189 Å². The van der Waals surface area contributed by atoms with Crippen LogP contribution in [0.1, 0.15) is 33.0 Å². The second-order valence-electron chi connectivity index (χ2n) is 7.40. The summed E-state index contributed by atoms with van der Waals surface area (Å²) in [6.45, 7) is 6.10. The van der Waals surface area contributed by atoms with E-state index in [1.54, 1.807) is 46.9 Å². The highest BCUT2D eigenvalue weighted by Crippen LogP contribution is 2.23. The maximum atomic E-state index is 13.4. The Morgan fingerprint density at radius 3 is 2.56 bits per heavy atom. The molecule has 2 heterocycles. The fourth-order valence-electron chi connectivity index (χ4n) is 3.41. The largest absolute Gasteiger partial charge is 0.494 e. The molecule has 0 fully saturated rings. The number of fused-ring (bicyclic) bond motifs is 3. The molecule has 0 radical (unpaired) electrons. The molecule has 8 nitrogen and oxygen atoms in total. The van der Waals surface area contributed by atoms with Crippen LogP contribution in [-0.2, 0) is 16.1 Å². The lowest BCUT2D eigenvalue weighted by atomic mass is 10.1. The van der Waals surface area contributed by atoms with Crippen molar-refractivity contribution >= 4 is 34.3 Å². The zero-order valence-corrected chi connectivity index (χ0v) is 18.8. The highest BCUT2D eigenvalue weighted by molar-refractivity contribution is 6.31. The molecule has 9 heteroatoms. The van der Waals surface area contributed by atoms with Crippen molar-refractivity contribution in [2.24, 2.45) is 5.92 Å². The number of rotatable bonds is 7. The van der Waals surface area contributed by atoms with Gasteiger partial charge in [-0.2, -0.15) is 0 Å². The molecule has 2 aromatic heterocycles. The Balaban J connectivity index is 1.90. The van der Waals surface area contributed by atoms with Gasteiger partial charge in [0, 0.05) is 5.02 Å². The van der Waals surface area contributed by atoms with Gasteiger partial charge in [0.25, 0.3) is 5.56 Å². The van der Waals surface area contributed by atoms with Crippen LogP contribution in [-0.4, -0.2) is 31.7 Å². The van der Waals surface area contributed by atoms with Crippen LogP contribution in [0.15, 0.2) is 47.3 Å². The third-order valence-electron chi connectivity index (χ3n) is 5.31. The van der Waals surface area contributed by atoms with Gasteiger partial charge in [0.1, 0.15) is 5.75 Å². The number of carbonyl (C=O) groups is 1. The van der Waals surface area contributed by atoms with Crippen LogP contribution in [0.5, 0.6) is 5.75 Å². The summed E-state index contributed by atoms with van der Waals surface area (Å²) < 4.78 is 14.1. The van der Waals surface area contributed by atoms with E-state index in [2.05, 4.69) is 10.2 Å². The van der Waals surface area contributed by atoms with Gasteiger partial charge in [-0.05, 0) is 55.8 Å². The third-order valence-corrected chi connectivity index (χ3v) is 5.55. The van der Waals surface area contributed by atoms with Crippen molar-refractivity contribution in [3.63, 3.8) is 0 Å². The first-order valence-corrected chi connectivity index (χ1v) is 10.8. The summed E-state index contributed by atoms with van der Waals surface area (Å²) in [5.74, 6) is 0.855. The summed E-state index contributed by atoms with van der Waals surface area (Å²) in [5.41, 5.74) is 0.888. The van der Waals surface area contributed by atoms with Gasteiger partial charge in [0.15, 0.2) is 12.4 Å². The Morgan fingerprint density at radius 1 is 1.12 bits per heavy atom. The van der Waals surface area contributed by atoms with Crippen molar-refractivity contribution in [1.29, 1.82) is 0 Å². The second kappa shape index (κ2) is 9.00. The van der Waals surface area contributed by atoms with Gasteiger partial charge in [0.05, 0.1) is 29.1 Å². The number of carbonyl (C=O) groups excluding carboxylic acids is 1. The number of aromatic nitrogens is 4. The average molecular weight is 455 g/mol. The van der Waals surface area contributed by atoms with Gasteiger partial charge in [-0.1, -0.05) is 25.4 Å². The van der Waals surface area contributed by atoms with Gasteiger partial charge < -0.3 is 9.47 Å². The van der Waals surface area contributed by atoms with E-state index in [0.29, 0.717) is 52.0 Å². The molecular weight excluding hydrogens is 432 g/mol. The fourth-order valence-corrected chi connectivity index (χ4v) is 3.58. The molecule has 0 aliphatic heterocycles. The quantitative estimate of drug-likeness (QED) is 0.389. The molecule has 1 unspecified atom stereocenters. The predicted molar refractivity (Wildman–Crippen MR) is 122 cm³/mol. The van der Waals surface area contributed by atoms with Crippen LogP contribution in [0, 0.1) is 5.92 Å². The van der Waals surface area contributed by atoms with Gasteiger partial charge in [-0.15, -0.1) is 10.2 Å². The van der Waals surface area contributed by atoms with Crippen LogP contribution in [0.4, 0.5) is 0 Å². The molecule has 0 bridgehead atoms. The maximum absolute atomic E-state index is 13.4. The Hall–Kier alpha value is -3.39. The van der Waals surface area contributed by atoms with Gasteiger partial charge in [-0.3, -0.25) is 14.0 Å². The molecule has 4 rings (SSSR count).